The first-order chi connectivity index (χ1) is 12.9. The van der Waals surface area contributed by atoms with Gasteiger partial charge in [-0.25, -0.2) is 4.79 Å². The summed E-state index contributed by atoms with van der Waals surface area (Å²) in [5, 5.41) is 3.51. The maximum atomic E-state index is 12.6. The first-order valence-corrected chi connectivity index (χ1v) is 9.37. The van der Waals surface area contributed by atoms with Gasteiger partial charge in [-0.15, -0.1) is 0 Å². The fraction of sp³-hybridized carbons (Fsp3) is 0.450. The number of likely N-dealkylation sites (tertiary alicyclic amines) is 1. The van der Waals surface area contributed by atoms with Crippen LogP contribution in [0.5, 0.6) is 0 Å². The van der Waals surface area contributed by atoms with Crippen LogP contribution >= 0.6 is 0 Å². The Morgan fingerprint density at radius 3 is 2.67 bits per heavy atom. The molecule has 2 heterocycles. The van der Waals surface area contributed by atoms with Gasteiger partial charge in [0.15, 0.2) is 0 Å². The predicted molar refractivity (Wildman–Crippen MR) is 105 cm³/mol. The number of nitrogens with zero attached hydrogens (tertiary/aromatic N) is 1. The van der Waals surface area contributed by atoms with Crippen molar-refractivity contribution in [2.24, 2.45) is 0 Å². The van der Waals surface area contributed by atoms with Crippen LogP contribution in [0, 0.1) is 0 Å². The Kier molecular flexibility index (Phi) is 5.78. The van der Waals surface area contributed by atoms with E-state index in [1.807, 2.05) is 0 Å². The molecule has 1 aliphatic rings. The lowest BCUT2D eigenvalue weighted by Crippen LogP contribution is -2.46. The maximum Gasteiger partial charge on any atom is 0.325 e. The third-order valence-electron chi connectivity index (χ3n) is 4.96. The molecule has 2 aromatic rings. The molecule has 1 aliphatic heterocycles. The number of H-pyrrole nitrogens is 2. The van der Waals surface area contributed by atoms with Gasteiger partial charge in [0.1, 0.15) is 0 Å². The smallest absolute Gasteiger partial charge is 0.325 e. The van der Waals surface area contributed by atoms with Gasteiger partial charge in [-0.05, 0) is 36.5 Å². The van der Waals surface area contributed by atoms with Crippen molar-refractivity contribution in [1.29, 1.82) is 0 Å². The largest absolute Gasteiger partial charge is 0.381 e. The van der Waals surface area contributed by atoms with Crippen LogP contribution in [0.2, 0.25) is 0 Å². The second-order valence-electron chi connectivity index (χ2n) is 7.37. The molecule has 1 fully saturated rings. The zero-order chi connectivity index (χ0) is 19.4. The fourth-order valence-electron chi connectivity index (χ4n) is 3.37. The first kappa shape index (κ1) is 18.9. The number of hydrogen-bond acceptors (Lipinski definition) is 4. The highest BCUT2D eigenvalue weighted by Gasteiger charge is 2.24. The van der Waals surface area contributed by atoms with E-state index in [1.165, 1.54) is 11.8 Å². The molecule has 1 aromatic carbocycles. The van der Waals surface area contributed by atoms with Gasteiger partial charge in [0.25, 0.3) is 5.56 Å². The van der Waals surface area contributed by atoms with Crippen molar-refractivity contribution in [2.75, 3.05) is 18.4 Å². The minimum absolute atomic E-state index is 0.0120. The number of nitrogens with one attached hydrogen (secondary N) is 3. The number of carbonyl (C=O) groups excluding carboxylic acids is 1. The highest BCUT2D eigenvalue weighted by molar-refractivity contribution is 5.78. The van der Waals surface area contributed by atoms with E-state index < -0.39 is 11.2 Å². The van der Waals surface area contributed by atoms with Gasteiger partial charge < -0.3 is 15.2 Å². The van der Waals surface area contributed by atoms with Crippen molar-refractivity contribution in [1.82, 2.24) is 14.9 Å². The molecule has 7 heteroatoms. The van der Waals surface area contributed by atoms with Crippen LogP contribution in [0.4, 0.5) is 5.69 Å². The fourth-order valence-corrected chi connectivity index (χ4v) is 3.37. The Labute approximate surface area is 157 Å². The van der Waals surface area contributed by atoms with E-state index in [4.69, 9.17) is 0 Å². The molecule has 144 valence electrons. The first-order valence-electron chi connectivity index (χ1n) is 9.37. The molecule has 0 aliphatic carbocycles. The van der Waals surface area contributed by atoms with Gasteiger partial charge >= 0.3 is 5.69 Å². The third-order valence-corrected chi connectivity index (χ3v) is 4.96. The minimum atomic E-state index is -0.568. The SMILES string of the molecule is CC(C)c1ccc(N[C@@H]2CCCN(C(=O)Cc3c[nH]c(=O)[nH]c3=O)C2)cc1. The van der Waals surface area contributed by atoms with Gasteiger partial charge in [0.2, 0.25) is 5.91 Å². The third kappa shape index (κ3) is 4.87. The second-order valence-corrected chi connectivity index (χ2v) is 7.37. The monoisotopic (exact) mass is 370 g/mol. The summed E-state index contributed by atoms with van der Waals surface area (Å²) in [6.45, 7) is 5.62. The van der Waals surface area contributed by atoms with E-state index in [-0.39, 0.29) is 23.9 Å². The van der Waals surface area contributed by atoms with Crippen molar-refractivity contribution in [2.45, 2.75) is 45.1 Å². The van der Waals surface area contributed by atoms with Gasteiger partial charge in [-0.3, -0.25) is 14.6 Å². The molecule has 3 N–H and O–H groups in total. The molecule has 1 atom stereocenters. The normalized spacial score (nSPS) is 17.1. The number of hydrogen-bond donors (Lipinski definition) is 3. The van der Waals surface area contributed by atoms with Crippen LogP contribution in [0.3, 0.4) is 0 Å². The molecule has 0 spiro atoms. The quantitative estimate of drug-likeness (QED) is 0.748. The van der Waals surface area contributed by atoms with Gasteiger partial charge in [0, 0.05) is 36.6 Å². The minimum Gasteiger partial charge on any atom is -0.381 e. The Balaban J connectivity index is 1.60. The molecule has 1 amide bonds. The number of amides is 1. The molecule has 1 aromatic heterocycles. The molecule has 7 nitrogen and oxygen atoms in total. The molecular formula is C20H26N4O3. The Hall–Kier alpha value is -2.83. The van der Waals surface area contributed by atoms with Gasteiger partial charge in [-0.2, -0.15) is 0 Å². The number of carbonyl (C=O) groups is 1. The summed E-state index contributed by atoms with van der Waals surface area (Å²) < 4.78 is 0. The summed E-state index contributed by atoms with van der Waals surface area (Å²) in [7, 11) is 0. The maximum absolute atomic E-state index is 12.6. The molecule has 1 saturated heterocycles. The lowest BCUT2D eigenvalue weighted by Gasteiger charge is -2.33. The summed E-state index contributed by atoms with van der Waals surface area (Å²) in [6, 6.07) is 8.59. The Morgan fingerprint density at radius 1 is 1.26 bits per heavy atom. The van der Waals surface area contributed by atoms with E-state index in [1.54, 1.807) is 4.90 Å². The predicted octanol–water partition coefficient (Wildman–Crippen LogP) is 1.83. The summed E-state index contributed by atoms with van der Waals surface area (Å²) in [5.41, 5.74) is 1.55. The van der Waals surface area contributed by atoms with Crippen LogP contribution in [-0.2, 0) is 11.2 Å². The standard InChI is InChI=1S/C20H26N4O3/c1-13(2)14-5-7-16(8-6-14)22-17-4-3-9-24(12-17)18(25)10-15-11-21-20(27)23-19(15)26/h5-8,11,13,17,22H,3-4,9-10,12H2,1-2H3,(H2,21,23,26,27)/t17-/m1/s1. The molecular weight excluding hydrogens is 344 g/mol. The number of piperidine rings is 1. The summed E-state index contributed by atoms with van der Waals surface area (Å²) in [5.74, 6) is 0.395. The van der Waals surface area contributed by atoms with Gasteiger partial charge in [-0.1, -0.05) is 26.0 Å². The molecule has 0 saturated carbocycles. The Morgan fingerprint density at radius 2 is 2.00 bits per heavy atom. The second kappa shape index (κ2) is 8.24. The zero-order valence-electron chi connectivity index (χ0n) is 15.7. The molecule has 0 radical (unpaired) electrons. The van der Waals surface area contributed by atoms with Crippen LogP contribution in [0.25, 0.3) is 0 Å². The number of aromatic amines is 2. The lowest BCUT2D eigenvalue weighted by molar-refractivity contribution is -0.131. The Bertz CT molecular complexity index is 898. The van der Waals surface area contributed by atoms with Crippen molar-refractivity contribution >= 4 is 11.6 Å². The van der Waals surface area contributed by atoms with Gasteiger partial charge in [0.05, 0.1) is 6.42 Å². The van der Waals surface area contributed by atoms with E-state index in [2.05, 4.69) is 53.4 Å². The van der Waals surface area contributed by atoms with E-state index >= 15 is 0 Å². The van der Waals surface area contributed by atoms with E-state index in [0.717, 1.165) is 18.5 Å². The average Bonchev–Trinajstić information content (AvgIpc) is 2.64. The molecule has 3 rings (SSSR count). The number of anilines is 1. The van der Waals surface area contributed by atoms with Crippen LogP contribution in [0.15, 0.2) is 40.1 Å². The summed E-state index contributed by atoms with van der Waals surface area (Å²) in [6.07, 6.45) is 3.21. The average molecular weight is 370 g/mol. The number of aromatic nitrogens is 2. The molecule has 0 unspecified atom stereocenters. The number of rotatable bonds is 5. The highest BCUT2D eigenvalue weighted by Crippen LogP contribution is 2.20. The van der Waals surface area contributed by atoms with Crippen LogP contribution in [0.1, 0.15) is 43.7 Å². The molecule has 27 heavy (non-hydrogen) atoms. The van der Waals surface area contributed by atoms with Crippen LogP contribution < -0.4 is 16.6 Å². The van der Waals surface area contributed by atoms with Crippen molar-refractivity contribution in [3.05, 3.63) is 62.4 Å². The van der Waals surface area contributed by atoms with Crippen LogP contribution in [-0.4, -0.2) is 39.9 Å². The van der Waals surface area contributed by atoms with Crippen molar-refractivity contribution in [3.63, 3.8) is 0 Å². The summed E-state index contributed by atoms with van der Waals surface area (Å²) >= 11 is 0. The lowest BCUT2D eigenvalue weighted by atomic mass is 10.0. The summed E-state index contributed by atoms with van der Waals surface area (Å²) in [4.78, 5) is 41.8. The topological polar surface area (TPSA) is 98.1 Å². The zero-order valence-corrected chi connectivity index (χ0v) is 15.7. The van der Waals surface area contributed by atoms with E-state index in [0.29, 0.717) is 19.0 Å². The molecule has 0 bridgehead atoms. The van der Waals surface area contributed by atoms with Crippen molar-refractivity contribution < 1.29 is 4.79 Å². The highest BCUT2D eigenvalue weighted by atomic mass is 16.2. The van der Waals surface area contributed by atoms with E-state index in [9.17, 15) is 14.4 Å². The number of benzene rings is 1. The van der Waals surface area contributed by atoms with Crippen molar-refractivity contribution in [3.8, 4) is 0 Å².